The average Bonchev–Trinajstić information content (AvgIpc) is 3.32. The molecule has 5 fully saturated rings. The summed E-state index contributed by atoms with van der Waals surface area (Å²) in [4.78, 5) is 35.6. The van der Waals surface area contributed by atoms with Crippen LogP contribution in [0.2, 0.25) is 0 Å². The molecule has 0 aromatic heterocycles. The molecule has 0 saturated carbocycles. The molecule has 0 unspecified atom stereocenters. The normalized spacial score (nSPS) is 45.6. The fourth-order valence-electron chi connectivity index (χ4n) is 8.41. The van der Waals surface area contributed by atoms with E-state index in [4.69, 9.17) is 47.4 Å². The Labute approximate surface area is 391 Å². The van der Waals surface area contributed by atoms with Crippen molar-refractivity contribution >= 4 is 18.2 Å². The molecule has 0 bridgehead atoms. The van der Waals surface area contributed by atoms with Crippen LogP contribution in [-0.4, -0.2) is 301 Å². The predicted molar refractivity (Wildman–Crippen MR) is 214 cm³/mol. The molecule has 5 heterocycles. The zero-order chi connectivity index (χ0) is 51.0. The topological polar surface area (TPSA) is 483 Å². The van der Waals surface area contributed by atoms with Crippen molar-refractivity contribution in [3.8, 4) is 0 Å². The number of hydrogen-bond acceptors (Lipinski definition) is 28. The molecule has 3 amide bonds. The van der Waals surface area contributed by atoms with Gasteiger partial charge in [0.2, 0.25) is 18.2 Å². The number of rotatable bonds is 21. The van der Waals surface area contributed by atoms with E-state index in [1.54, 1.807) is 0 Å². The molecule has 0 aliphatic carbocycles. The first-order chi connectivity index (χ1) is 32.8. The van der Waals surface area contributed by atoms with E-state index in [2.05, 4.69) is 16.0 Å². The first kappa shape index (κ1) is 57.3. The molecule has 0 aromatic rings. The molecule has 0 spiro atoms. The van der Waals surface area contributed by atoms with Gasteiger partial charge in [0.1, 0.15) is 122 Å². The lowest BCUT2D eigenvalue weighted by atomic mass is 9.94. The summed E-state index contributed by atoms with van der Waals surface area (Å²) in [7, 11) is 0. The lowest BCUT2D eigenvalue weighted by Crippen LogP contribution is -2.70. The Morgan fingerprint density at radius 1 is 0.464 bits per heavy atom. The molecule has 400 valence electrons. The molecule has 18 N–H and O–H groups in total. The van der Waals surface area contributed by atoms with E-state index in [1.165, 1.54) is 0 Å². The zero-order valence-corrected chi connectivity index (χ0v) is 37.1. The van der Waals surface area contributed by atoms with Crippen molar-refractivity contribution in [1.82, 2.24) is 16.0 Å². The van der Waals surface area contributed by atoms with Crippen LogP contribution in [0.3, 0.4) is 0 Å². The van der Waals surface area contributed by atoms with Crippen LogP contribution >= 0.6 is 0 Å². The van der Waals surface area contributed by atoms with Crippen LogP contribution in [0, 0.1) is 0 Å². The van der Waals surface area contributed by atoms with Gasteiger partial charge in [-0.1, -0.05) is 0 Å². The number of hydrogen-bond donors (Lipinski definition) is 18. The third-order valence-corrected chi connectivity index (χ3v) is 12.1. The van der Waals surface area contributed by atoms with Crippen LogP contribution < -0.4 is 16.0 Å². The zero-order valence-electron chi connectivity index (χ0n) is 37.1. The molecule has 5 aliphatic heterocycles. The van der Waals surface area contributed by atoms with Gasteiger partial charge >= 0.3 is 0 Å². The maximum absolute atomic E-state index is 12.7. The molecular weight excluding hydrogens is 946 g/mol. The Balaban J connectivity index is 1.39. The first-order valence-corrected chi connectivity index (χ1v) is 21.8. The monoisotopic (exact) mass is 1010 g/mol. The van der Waals surface area contributed by atoms with E-state index in [-0.39, 0.29) is 6.41 Å². The van der Waals surface area contributed by atoms with E-state index in [1.807, 2.05) is 0 Å². The third kappa shape index (κ3) is 13.2. The summed E-state index contributed by atoms with van der Waals surface area (Å²) in [6.07, 6.45) is -42.6. The Kier molecular flexibility index (Phi) is 21.5. The maximum Gasteiger partial charge on any atom is 0.217 e. The predicted octanol–water partition coefficient (Wildman–Crippen LogP) is -12.5. The number of amides is 3. The van der Waals surface area contributed by atoms with Gasteiger partial charge < -0.3 is 140 Å². The van der Waals surface area contributed by atoms with E-state index in [9.17, 15) is 91.0 Å². The molecule has 0 radical (unpaired) electrons. The van der Waals surface area contributed by atoms with Gasteiger partial charge in [0.25, 0.3) is 0 Å². The highest BCUT2D eigenvalue weighted by molar-refractivity contribution is 5.73. The van der Waals surface area contributed by atoms with Crippen molar-refractivity contribution in [2.45, 2.75) is 173 Å². The van der Waals surface area contributed by atoms with Crippen LogP contribution in [0.5, 0.6) is 0 Å². The van der Waals surface area contributed by atoms with Gasteiger partial charge in [-0.05, 0) is 0 Å². The SMILES string of the molecule is CC(=O)N[C@H]1[C@@H](O[C@H]2[C@@H](O)[C@@H](CO)O[C@@H](O[C@H]3[C@H](O)[C@@H](CO)O[C@@H](O[C@H]4[C@@H](O)[C@@H](CO)O[C@@H](O[C@H]5[C@H](O)[C@@H](O)[C@H](OC[C@@H](CO)NC=O)O[C@@H]5CO)[C@@H]4O)[C@@H]3NC(C)=O)[C@@H]2O)O[C@H](CO)[C@H](O)[C@@H]1O. The quantitative estimate of drug-likeness (QED) is 0.0475. The Hall–Kier alpha value is -2.59. The van der Waals surface area contributed by atoms with Crippen molar-refractivity contribution in [3.63, 3.8) is 0 Å². The number of aliphatic hydroxyl groups excluding tert-OH is 15. The lowest BCUT2D eigenvalue weighted by molar-refractivity contribution is -0.384. The summed E-state index contributed by atoms with van der Waals surface area (Å²) < 4.78 is 57.2. The van der Waals surface area contributed by atoms with Crippen LogP contribution in [-0.2, 0) is 61.8 Å². The van der Waals surface area contributed by atoms with Crippen molar-refractivity contribution in [2.24, 2.45) is 0 Å². The molecule has 69 heavy (non-hydrogen) atoms. The summed E-state index contributed by atoms with van der Waals surface area (Å²) >= 11 is 0. The minimum absolute atomic E-state index is 0.282. The summed E-state index contributed by atoms with van der Waals surface area (Å²) in [5, 5.41) is 167. The number of aliphatic hydroxyl groups is 15. The van der Waals surface area contributed by atoms with Crippen LogP contribution in [0.4, 0.5) is 0 Å². The Bertz CT molecular complexity index is 1610. The van der Waals surface area contributed by atoms with Gasteiger partial charge in [-0.2, -0.15) is 0 Å². The second kappa shape index (κ2) is 25.9. The van der Waals surface area contributed by atoms with Gasteiger partial charge in [0.15, 0.2) is 31.5 Å². The van der Waals surface area contributed by atoms with Crippen molar-refractivity contribution < 1.29 is 138 Å². The molecular formula is C38H65N3O28. The average molecular weight is 1010 g/mol. The number of ether oxygens (including phenoxy) is 10. The van der Waals surface area contributed by atoms with Crippen molar-refractivity contribution in [2.75, 3.05) is 46.2 Å². The van der Waals surface area contributed by atoms with E-state index in [0.717, 1.165) is 13.8 Å². The number of carbonyl (C=O) groups excluding carboxylic acids is 3. The summed E-state index contributed by atoms with van der Waals surface area (Å²) in [6.45, 7) is -3.71. The molecule has 31 nitrogen and oxygen atoms in total. The Morgan fingerprint density at radius 3 is 1.30 bits per heavy atom. The standard InChI is InChI=1S/C38H65N3O28/c1-11(49)40-19-25(55)21(51)14(4-43)61-34(19)68-32-23(53)17(7-46)64-38(29(32)59)67-31-20(41-12(2)50)35(62-15(5-44)22(31)52)69-33-24(54)16(6-45)63-37(28(33)58)66-30-18(8-47)65-36(27(57)26(30)56)60-9-13(3-42)39-10-48/h10,13-38,42-47,51-59H,3-9H2,1-2H3,(H,39,48)(H,40,49)(H,41,50)/t13-,14-,15-,16-,17-,18-,19-,20-,21+,22-,23+,24+,25-,26-,27-,28-,29-,30-,31-,32+,33+,34-,35+,36-,37+,38+/m1/s1. The number of nitrogens with one attached hydrogen (secondary N) is 3. The van der Waals surface area contributed by atoms with Gasteiger partial charge in [-0.3, -0.25) is 14.4 Å². The maximum atomic E-state index is 12.7. The highest BCUT2D eigenvalue weighted by Crippen LogP contribution is 2.36. The fourth-order valence-corrected chi connectivity index (χ4v) is 8.41. The molecule has 26 atom stereocenters. The molecule has 5 saturated heterocycles. The second-order valence-electron chi connectivity index (χ2n) is 16.9. The van der Waals surface area contributed by atoms with Crippen LogP contribution in [0.25, 0.3) is 0 Å². The highest BCUT2D eigenvalue weighted by atomic mass is 16.8. The van der Waals surface area contributed by atoms with E-state index < -0.39 is 218 Å². The van der Waals surface area contributed by atoms with Crippen molar-refractivity contribution in [3.05, 3.63) is 0 Å². The van der Waals surface area contributed by atoms with E-state index >= 15 is 0 Å². The fraction of sp³-hybridized carbons (Fsp3) is 0.921. The number of carbonyl (C=O) groups is 3. The van der Waals surface area contributed by atoms with E-state index in [0.29, 0.717) is 0 Å². The smallest absolute Gasteiger partial charge is 0.217 e. The van der Waals surface area contributed by atoms with Gasteiger partial charge in [-0.25, -0.2) is 0 Å². The minimum Gasteiger partial charge on any atom is -0.394 e. The summed E-state index contributed by atoms with van der Waals surface area (Å²) in [6, 6.07) is -4.30. The van der Waals surface area contributed by atoms with Gasteiger partial charge in [0, 0.05) is 13.8 Å². The first-order valence-electron chi connectivity index (χ1n) is 21.8. The Morgan fingerprint density at radius 2 is 0.855 bits per heavy atom. The second-order valence-corrected chi connectivity index (χ2v) is 16.9. The lowest BCUT2D eigenvalue weighted by Gasteiger charge is -2.50. The van der Waals surface area contributed by atoms with Crippen LogP contribution in [0.1, 0.15) is 13.8 Å². The molecule has 5 rings (SSSR count). The minimum atomic E-state index is -2.16. The molecule has 5 aliphatic rings. The highest BCUT2D eigenvalue weighted by Gasteiger charge is 2.57. The molecule has 31 heteroatoms. The summed E-state index contributed by atoms with van der Waals surface area (Å²) in [5.74, 6) is -1.60. The molecule has 0 aromatic carbocycles. The van der Waals surface area contributed by atoms with Crippen molar-refractivity contribution in [1.29, 1.82) is 0 Å². The van der Waals surface area contributed by atoms with Gasteiger partial charge in [0.05, 0.1) is 52.3 Å². The largest absolute Gasteiger partial charge is 0.394 e. The summed E-state index contributed by atoms with van der Waals surface area (Å²) in [5.41, 5.74) is 0. The van der Waals surface area contributed by atoms with Gasteiger partial charge in [-0.15, -0.1) is 0 Å². The third-order valence-electron chi connectivity index (χ3n) is 12.1. The van der Waals surface area contributed by atoms with Crippen LogP contribution in [0.15, 0.2) is 0 Å².